The molecule has 0 aromatic rings. The van der Waals surface area contributed by atoms with E-state index in [2.05, 4.69) is 17.0 Å². The van der Waals surface area contributed by atoms with Gasteiger partial charge in [-0.05, 0) is 66.8 Å². The number of aliphatic hydroxyl groups excluding tert-OH is 2. The normalized spacial score (nSPS) is 43.7. The Balaban J connectivity index is 1.88. The number of hydrogen-bond donors (Lipinski definition) is 3. The first-order chi connectivity index (χ1) is 32.3. The van der Waals surface area contributed by atoms with Crippen LogP contribution in [0.15, 0.2) is 5.16 Å². The van der Waals surface area contributed by atoms with Crippen molar-refractivity contribution < 1.29 is 81.9 Å². The van der Waals surface area contributed by atoms with Crippen molar-refractivity contribution in [3.8, 4) is 0 Å². The minimum Gasteiger partial charge on any atom is -0.461 e. The van der Waals surface area contributed by atoms with E-state index in [0.29, 0.717) is 18.7 Å². The summed E-state index contributed by atoms with van der Waals surface area (Å²) in [5, 5.41) is 38.8. The first kappa shape index (κ1) is 59.2. The quantitative estimate of drug-likeness (QED) is 0.163. The smallest absolute Gasteiger partial charge is 0.311 e. The van der Waals surface area contributed by atoms with Gasteiger partial charge in [0.15, 0.2) is 24.7 Å². The predicted molar refractivity (Wildman–Crippen MR) is 253 cm³/mol. The molecule has 19 nitrogen and oxygen atoms in total. The average Bonchev–Trinajstić information content (AvgIpc) is 3.39. The van der Waals surface area contributed by atoms with Crippen LogP contribution in [0.1, 0.15) is 116 Å². The molecule has 4 aliphatic heterocycles. The van der Waals surface area contributed by atoms with E-state index in [1.54, 1.807) is 27.7 Å². The minimum absolute atomic E-state index is 0.0496. The van der Waals surface area contributed by atoms with Crippen LogP contribution < -0.4 is 0 Å². The third-order valence-electron chi connectivity index (χ3n) is 14.6. The van der Waals surface area contributed by atoms with E-state index in [1.165, 1.54) is 28.3 Å². The van der Waals surface area contributed by atoms with Gasteiger partial charge in [-0.25, -0.2) is 0 Å². The summed E-state index contributed by atoms with van der Waals surface area (Å²) in [6.45, 7) is 23.9. The topological polar surface area (TPSA) is 229 Å². The number of carbonyl (C=O) groups is 3. The summed E-state index contributed by atoms with van der Waals surface area (Å²) in [4.78, 5) is 50.9. The first-order valence-electron chi connectivity index (χ1n) is 25.0. The molecule has 4 aliphatic rings. The largest absolute Gasteiger partial charge is 0.461 e. The highest BCUT2D eigenvalue weighted by Crippen LogP contribution is 2.39. The summed E-state index contributed by atoms with van der Waals surface area (Å²) < 4.78 is 63.1. The monoisotopic (exact) mass is 989 g/mol. The molecule has 400 valence electrons. The van der Waals surface area contributed by atoms with Gasteiger partial charge in [-0.3, -0.25) is 14.4 Å². The average molecular weight is 989 g/mol. The summed E-state index contributed by atoms with van der Waals surface area (Å²) in [7, 11) is 6.33. The van der Waals surface area contributed by atoms with Gasteiger partial charge in [0, 0.05) is 63.8 Å². The lowest BCUT2D eigenvalue weighted by Crippen LogP contribution is -2.59. The number of nitrogens with zero attached hydrogens (tertiary/aromatic N) is 2. The number of likely N-dealkylation sites (N-methyl/N-ethyl adjacent to an activating group) is 1. The van der Waals surface area contributed by atoms with E-state index in [0.717, 1.165) is 0 Å². The Bertz CT molecular complexity index is 1670. The molecule has 4 rings (SSSR count). The molecular weight excluding hydrogens is 901 g/mol. The van der Waals surface area contributed by atoms with Gasteiger partial charge in [-0.15, -0.1) is 0 Å². The minimum atomic E-state index is -2.01. The lowest BCUT2D eigenvalue weighted by molar-refractivity contribution is -0.305. The van der Waals surface area contributed by atoms with Gasteiger partial charge < -0.3 is 72.4 Å². The molecule has 22 atom stereocenters. The van der Waals surface area contributed by atoms with E-state index in [4.69, 9.17) is 52.2 Å². The van der Waals surface area contributed by atoms with Crippen molar-refractivity contribution >= 4 is 23.4 Å². The predicted octanol–water partition coefficient (Wildman–Crippen LogP) is 4.27. The fourth-order valence-electron chi connectivity index (χ4n) is 10.7. The molecule has 0 aromatic carbocycles. The number of carbonyl (C=O) groups excluding carboxylic acids is 3. The van der Waals surface area contributed by atoms with Crippen LogP contribution in [0.5, 0.6) is 0 Å². The molecule has 3 N–H and O–H groups in total. The first-order valence-corrected chi connectivity index (χ1v) is 25.0. The molecule has 19 heteroatoms. The summed E-state index contributed by atoms with van der Waals surface area (Å²) in [5.74, 6) is -6.83. The molecule has 4 heterocycles. The molecule has 0 spiro atoms. The highest BCUT2D eigenvalue weighted by Gasteiger charge is 2.51. The number of rotatable bonds is 14. The van der Waals surface area contributed by atoms with E-state index < -0.39 is 139 Å². The Morgan fingerprint density at radius 2 is 1.48 bits per heavy atom. The zero-order chi connectivity index (χ0) is 51.8. The number of esters is 2. The van der Waals surface area contributed by atoms with E-state index in [-0.39, 0.29) is 43.9 Å². The van der Waals surface area contributed by atoms with Crippen molar-refractivity contribution in [1.82, 2.24) is 4.90 Å². The van der Waals surface area contributed by atoms with Crippen LogP contribution in [-0.2, 0) is 66.6 Å². The second-order valence-corrected chi connectivity index (χ2v) is 21.3. The summed E-state index contributed by atoms with van der Waals surface area (Å²) in [6.07, 6.45) is -11.8. The molecule has 4 fully saturated rings. The van der Waals surface area contributed by atoms with Gasteiger partial charge in [0.1, 0.15) is 49.3 Å². The van der Waals surface area contributed by atoms with E-state index >= 15 is 4.79 Å². The molecule has 69 heavy (non-hydrogen) atoms. The molecule has 0 saturated carbocycles. The maximum absolute atomic E-state index is 15.1. The molecule has 0 radical (unpaired) electrons. The number of oxime groups is 1. The Kier molecular flexibility index (Phi) is 22.3. The molecule has 0 aliphatic carbocycles. The van der Waals surface area contributed by atoms with Gasteiger partial charge in [0.25, 0.3) is 0 Å². The highest BCUT2D eigenvalue weighted by atomic mass is 16.7. The van der Waals surface area contributed by atoms with Gasteiger partial charge in [-0.2, -0.15) is 0 Å². The van der Waals surface area contributed by atoms with Gasteiger partial charge in [0.2, 0.25) is 0 Å². The third-order valence-corrected chi connectivity index (χ3v) is 14.6. The second-order valence-electron chi connectivity index (χ2n) is 21.3. The highest BCUT2D eigenvalue weighted by molar-refractivity contribution is 5.90. The Hall–Kier alpha value is -2.40. The Labute approximate surface area is 410 Å². The Morgan fingerprint density at radius 3 is 2.09 bits per heavy atom. The second kappa shape index (κ2) is 26.0. The summed E-state index contributed by atoms with van der Waals surface area (Å²) in [5.41, 5.74) is -1.69. The number of ketones is 1. The van der Waals surface area contributed by atoms with Crippen molar-refractivity contribution in [2.24, 2.45) is 46.6 Å². The van der Waals surface area contributed by atoms with Crippen LogP contribution >= 0.6 is 0 Å². The number of hydrogen-bond acceptors (Lipinski definition) is 19. The van der Waals surface area contributed by atoms with Gasteiger partial charge >= 0.3 is 11.9 Å². The molecule has 4 saturated heterocycles. The number of ether oxygens (including phenoxy) is 10. The third kappa shape index (κ3) is 15.1. The summed E-state index contributed by atoms with van der Waals surface area (Å²) >= 11 is 0. The molecule has 0 unspecified atom stereocenters. The zero-order valence-corrected chi connectivity index (χ0v) is 44.4. The van der Waals surface area contributed by atoms with Gasteiger partial charge in [0.05, 0.1) is 54.7 Å². The van der Waals surface area contributed by atoms with E-state index in [9.17, 15) is 24.9 Å². The standard InChI is InChI=1S/C50H88N2O17/c1-24(2)18-36(53)66-42-31(9)41(26(4)23-62-49-45(60-16)44(59-15)38(54)34(12)65-49)68-47(57)33(11)43(67-37-19-27(5)52(14)22-29(7)63-37)30(8)40(25(3)21-50(13,58)46(56)32(42)10)69-48-39(55)35(51-61-17)20-28(6)64-48/h24-34,37-45,48-49,54-55,58H,18-23H2,1-17H3/t25-,26-,27+,28+,29-,30+,31-,32+,33+,34+,37-,38+,39+,40-,41+,42+,43-,44+,45+,48-,49+,50-/m0/s1. The van der Waals surface area contributed by atoms with Crippen molar-refractivity contribution in [2.45, 2.75) is 213 Å². The van der Waals surface area contributed by atoms with Crippen LogP contribution in [-0.4, -0.2) is 183 Å². The lowest BCUT2D eigenvalue weighted by atomic mass is 9.74. The number of aliphatic hydroxyl groups is 3. The van der Waals surface area contributed by atoms with Crippen LogP contribution in [0.3, 0.4) is 0 Å². The van der Waals surface area contributed by atoms with Crippen LogP contribution in [0.25, 0.3) is 0 Å². The number of cyclic esters (lactones) is 1. The molecular formula is C50H88N2O17. The van der Waals surface area contributed by atoms with Crippen molar-refractivity contribution in [3.63, 3.8) is 0 Å². The zero-order valence-electron chi connectivity index (χ0n) is 44.4. The van der Waals surface area contributed by atoms with Crippen LogP contribution in [0.2, 0.25) is 0 Å². The van der Waals surface area contributed by atoms with Crippen LogP contribution in [0.4, 0.5) is 0 Å². The lowest BCUT2D eigenvalue weighted by Gasteiger charge is -2.44. The van der Waals surface area contributed by atoms with Crippen LogP contribution in [0, 0.1) is 41.4 Å². The number of Topliss-reactive ketones (excluding diaryl/α,β-unsaturated/α-hetero) is 1. The number of methoxy groups -OCH3 is 2. The van der Waals surface area contributed by atoms with Crippen molar-refractivity contribution in [3.05, 3.63) is 0 Å². The van der Waals surface area contributed by atoms with Crippen molar-refractivity contribution in [1.29, 1.82) is 0 Å². The van der Waals surface area contributed by atoms with Gasteiger partial charge in [-0.1, -0.05) is 53.6 Å². The molecule has 0 amide bonds. The fraction of sp³-hybridized carbons (Fsp3) is 0.920. The maximum atomic E-state index is 15.1. The maximum Gasteiger partial charge on any atom is 0.311 e. The van der Waals surface area contributed by atoms with Crippen molar-refractivity contribution in [2.75, 3.05) is 41.5 Å². The molecule has 0 aromatic heterocycles. The van der Waals surface area contributed by atoms with E-state index in [1.807, 2.05) is 55.5 Å². The fourth-order valence-corrected chi connectivity index (χ4v) is 10.7. The SMILES string of the molecule is CON=C1C[C@@H](C)O[C@@H](O[C@@H]2[C@@H](C)[C@H](O[C@H]3C[C@@H](C)N(C)C[C@H](C)O3)[C@@H](C)C(=O)O[C@H]([C@@H](C)CO[C@@H]3O[C@H](C)[C@@H](O)[C@@H](OC)[C@H]3OC)[C@H](C)[C@@H](OC(=O)CC(C)C)[C@@H](C)C(=O)[C@@](C)(O)C[C@@H]2C)[C@@H]1O. The summed E-state index contributed by atoms with van der Waals surface area (Å²) in [6, 6.07) is 0.0496. The molecule has 0 bridgehead atoms. The Morgan fingerprint density at radius 1 is 0.826 bits per heavy atom.